The fourth-order valence-corrected chi connectivity index (χ4v) is 2.69. The van der Waals surface area contributed by atoms with Crippen molar-refractivity contribution in [3.05, 3.63) is 58.5 Å². The Morgan fingerprint density at radius 1 is 1.23 bits per heavy atom. The van der Waals surface area contributed by atoms with Gasteiger partial charge in [0.1, 0.15) is 11.3 Å². The number of hydrogen-bond donors (Lipinski definition) is 1. The molecule has 110 valence electrons. The highest BCUT2D eigenvalue weighted by atomic mass is 79.9. The standard InChI is InChI=1S/C15H9BrN2O3S/c16-9-3-1-4-10(7-9)18-14(20)12(13(19)17-15(18)22)8-11-5-2-6-21-11/h1-8H,(H,17,19,22)/b12-8-. The average molecular weight is 377 g/mol. The smallest absolute Gasteiger partial charge is 0.270 e. The van der Waals surface area contributed by atoms with Crippen molar-refractivity contribution < 1.29 is 14.0 Å². The Bertz CT molecular complexity index is 799. The van der Waals surface area contributed by atoms with Gasteiger partial charge in [0.05, 0.1) is 12.0 Å². The van der Waals surface area contributed by atoms with E-state index in [1.165, 1.54) is 17.2 Å². The predicted octanol–water partition coefficient (Wildman–Crippen LogP) is 2.87. The van der Waals surface area contributed by atoms with Gasteiger partial charge in [-0.1, -0.05) is 22.0 Å². The largest absolute Gasteiger partial charge is 0.465 e. The lowest BCUT2D eigenvalue weighted by Crippen LogP contribution is -2.54. The zero-order valence-electron chi connectivity index (χ0n) is 11.1. The van der Waals surface area contributed by atoms with Gasteiger partial charge in [-0.25, -0.2) is 0 Å². The summed E-state index contributed by atoms with van der Waals surface area (Å²) >= 11 is 8.46. The molecule has 0 saturated carbocycles. The van der Waals surface area contributed by atoms with E-state index >= 15 is 0 Å². The molecule has 22 heavy (non-hydrogen) atoms. The molecule has 2 heterocycles. The summed E-state index contributed by atoms with van der Waals surface area (Å²) < 4.78 is 5.95. The van der Waals surface area contributed by atoms with Crippen LogP contribution in [0, 0.1) is 0 Å². The van der Waals surface area contributed by atoms with Crippen molar-refractivity contribution >= 4 is 56.8 Å². The van der Waals surface area contributed by atoms with Crippen LogP contribution in [0.2, 0.25) is 0 Å². The Morgan fingerprint density at radius 3 is 2.73 bits per heavy atom. The molecule has 2 amide bonds. The van der Waals surface area contributed by atoms with Gasteiger partial charge < -0.3 is 4.42 Å². The molecule has 1 saturated heterocycles. The molecular formula is C15H9BrN2O3S. The molecule has 1 fully saturated rings. The van der Waals surface area contributed by atoms with Crippen molar-refractivity contribution in [2.75, 3.05) is 4.90 Å². The first kappa shape index (κ1) is 14.7. The number of hydrogen-bond acceptors (Lipinski definition) is 4. The molecule has 1 aromatic heterocycles. The number of nitrogens with zero attached hydrogens (tertiary/aromatic N) is 1. The van der Waals surface area contributed by atoms with E-state index in [0.29, 0.717) is 11.4 Å². The van der Waals surface area contributed by atoms with Gasteiger partial charge in [0, 0.05) is 4.47 Å². The van der Waals surface area contributed by atoms with Crippen molar-refractivity contribution in [2.24, 2.45) is 0 Å². The maximum Gasteiger partial charge on any atom is 0.270 e. The van der Waals surface area contributed by atoms with E-state index in [0.717, 1.165) is 4.47 Å². The summed E-state index contributed by atoms with van der Waals surface area (Å²) in [6.07, 6.45) is 2.86. The van der Waals surface area contributed by atoms with Crippen molar-refractivity contribution in [3.63, 3.8) is 0 Å². The van der Waals surface area contributed by atoms with Gasteiger partial charge in [0.2, 0.25) is 0 Å². The van der Waals surface area contributed by atoms with E-state index in [-0.39, 0.29) is 10.7 Å². The summed E-state index contributed by atoms with van der Waals surface area (Å²) in [5, 5.41) is 2.56. The van der Waals surface area contributed by atoms with Crippen LogP contribution in [0.3, 0.4) is 0 Å². The zero-order chi connectivity index (χ0) is 15.7. The van der Waals surface area contributed by atoms with Crippen molar-refractivity contribution in [1.29, 1.82) is 0 Å². The molecule has 2 aromatic rings. The number of anilines is 1. The Labute approximate surface area is 139 Å². The molecule has 0 bridgehead atoms. The Kier molecular flexibility index (Phi) is 3.91. The second-order valence-electron chi connectivity index (χ2n) is 4.45. The molecule has 0 unspecified atom stereocenters. The van der Waals surface area contributed by atoms with Gasteiger partial charge in [-0.15, -0.1) is 0 Å². The summed E-state index contributed by atoms with van der Waals surface area (Å²) in [5.41, 5.74) is 0.526. The second kappa shape index (κ2) is 5.86. The maximum absolute atomic E-state index is 12.6. The van der Waals surface area contributed by atoms with Gasteiger partial charge in [-0.2, -0.15) is 0 Å². The topological polar surface area (TPSA) is 62.6 Å². The Morgan fingerprint density at radius 2 is 2.05 bits per heavy atom. The number of benzene rings is 1. The fraction of sp³-hybridized carbons (Fsp3) is 0. The fourth-order valence-electron chi connectivity index (χ4n) is 2.02. The number of furan rings is 1. The van der Waals surface area contributed by atoms with Gasteiger partial charge in [0.15, 0.2) is 5.11 Å². The zero-order valence-corrected chi connectivity index (χ0v) is 13.5. The van der Waals surface area contributed by atoms with E-state index in [1.807, 2.05) is 6.07 Å². The Hall–Kier alpha value is -2.25. The third-order valence-electron chi connectivity index (χ3n) is 3.00. The lowest BCUT2D eigenvalue weighted by Gasteiger charge is -2.28. The molecule has 0 aliphatic carbocycles. The van der Waals surface area contributed by atoms with E-state index in [4.69, 9.17) is 16.6 Å². The molecule has 3 rings (SSSR count). The molecule has 0 radical (unpaired) electrons. The molecular weight excluding hydrogens is 368 g/mol. The normalized spacial score (nSPS) is 17.0. The first-order valence-electron chi connectivity index (χ1n) is 6.27. The highest BCUT2D eigenvalue weighted by Crippen LogP contribution is 2.24. The molecule has 0 atom stereocenters. The third kappa shape index (κ3) is 2.72. The lowest BCUT2D eigenvalue weighted by atomic mass is 10.1. The number of nitrogens with one attached hydrogen (secondary N) is 1. The van der Waals surface area contributed by atoms with Crippen LogP contribution in [-0.2, 0) is 9.59 Å². The quantitative estimate of drug-likeness (QED) is 0.497. The number of carbonyl (C=O) groups excluding carboxylic acids is 2. The molecule has 1 N–H and O–H groups in total. The number of carbonyl (C=O) groups is 2. The van der Waals surface area contributed by atoms with Gasteiger partial charge in [-0.05, 0) is 48.6 Å². The summed E-state index contributed by atoms with van der Waals surface area (Å²) in [6, 6.07) is 10.4. The van der Waals surface area contributed by atoms with E-state index < -0.39 is 11.8 Å². The van der Waals surface area contributed by atoms with Crippen LogP contribution in [0.25, 0.3) is 6.08 Å². The van der Waals surface area contributed by atoms with E-state index in [1.54, 1.807) is 30.3 Å². The van der Waals surface area contributed by atoms with Crippen LogP contribution in [-0.4, -0.2) is 16.9 Å². The monoisotopic (exact) mass is 376 g/mol. The SMILES string of the molecule is O=C1NC(=S)N(c2cccc(Br)c2)C(=O)/C1=C\c1ccco1. The van der Waals surface area contributed by atoms with Crippen LogP contribution in [0.5, 0.6) is 0 Å². The Balaban J connectivity index is 2.03. The summed E-state index contributed by atoms with van der Waals surface area (Å²) in [4.78, 5) is 25.9. The molecule has 5 nitrogen and oxygen atoms in total. The highest BCUT2D eigenvalue weighted by molar-refractivity contribution is 9.10. The average Bonchev–Trinajstić information content (AvgIpc) is 2.96. The minimum Gasteiger partial charge on any atom is -0.465 e. The minimum absolute atomic E-state index is 0.0384. The van der Waals surface area contributed by atoms with Crippen LogP contribution < -0.4 is 10.2 Å². The van der Waals surface area contributed by atoms with Gasteiger partial charge >= 0.3 is 0 Å². The van der Waals surface area contributed by atoms with Crippen molar-refractivity contribution in [2.45, 2.75) is 0 Å². The van der Waals surface area contributed by atoms with Crippen LogP contribution >= 0.6 is 28.1 Å². The predicted molar refractivity (Wildman–Crippen MR) is 89.1 cm³/mol. The highest BCUT2D eigenvalue weighted by Gasteiger charge is 2.34. The van der Waals surface area contributed by atoms with Crippen LogP contribution in [0.15, 0.2) is 57.1 Å². The molecule has 7 heteroatoms. The number of amides is 2. The van der Waals surface area contributed by atoms with Crippen molar-refractivity contribution in [1.82, 2.24) is 5.32 Å². The first-order valence-corrected chi connectivity index (χ1v) is 7.47. The molecule has 0 spiro atoms. The number of thiocarbonyl (C=S) groups is 1. The second-order valence-corrected chi connectivity index (χ2v) is 5.76. The summed E-state index contributed by atoms with van der Waals surface area (Å²) in [5.74, 6) is -0.624. The number of rotatable bonds is 2. The van der Waals surface area contributed by atoms with E-state index in [9.17, 15) is 9.59 Å². The first-order chi connectivity index (χ1) is 10.6. The van der Waals surface area contributed by atoms with Gasteiger partial charge in [-0.3, -0.25) is 19.8 Å². The maximum atomic E-state index is 12.6. The lowest BCUT2D eigenvalue weighted by molar-refractivity contribution is -0.122. The summed E-state index contributed by atoms with van der Waals surface area (Å²) in [6.45, 7) is 0. The summed E-state index contributed by atoms with van der Waals surface area (Å²) in [7, 11) is 0. The number of halogens is 1. The molecule has 1 aliphatic rings. The van der Waals surface area contributed by atoms with Gasteiger partial charge in [0.25, 0.3) is 11.8 Å². The molecule has 1 aromatic carbocycles. The van der Waals surface area contributed by atoms with Crippen LogP contribution in [0.1, 0.15) is 5.76 Å². The third-order valence-corrected chi connectivity index (χ3v) is 3.78. The van der Waals surface area contributed by atoms with Crippen LogP contribution in [0.4, 0.5) is 5.69 Å². The minimum atomic E-state index is -0.544. The van der Waals surface area contributed by atoms with E-state index in [2.05, 4.69) is 21.2 Å². The molecule has 1 aliphatic heterocycles. The van der Waals surface area contributed by atoms with Crippen molar-refractivity contribution in [3.8, 4) is 0 Å².